The van der Waals surface area contributed by atoms with E-state index in [1.54, 1.807) is 12.1 Å². The number of aryl methyl sites for hydroxylation is 1. The number of nitrogens with one attached hydrogen (secondary N) is 1. The number of carbonyl (C=O) groups excluding carboxylic acids is 1. The highest BCUT2D eigenvalue weighted by molar-refractivity contribution is 9.10. The van der Waals surface area contributed by atoms with Gasteiger partial charge in [0.2, 0.25) is 5.91 Å². The van der Waals surface area contributed by atoms with Gasteiger partial charge in [-0.2, -0.15) is 0 Å². The number of hydrogen-bond donors (Lipinski definition) is 1. The van der Waals surface area contributed by atoms with Crippen molar-refractivity contribution in [1.82, 2.24) is 0 Å². The van der Waals surface area contributed by atoms with Crippen molar-refractivity contribution in [3.63, 3.8) is 0 Å². The van der Waals surface area contributed by atoms with E-state index in [1.807, 2.05) is 18.2 Å². The molecule has 0 spiro atoms. The molecule has 1 amide bonds. The molecule has 2 aromatic carbocycles. The van der Waals surface area contributed by atoms with E-state index in [9.17, 15) is 9.18 Å². The predicted molar refractivity (Wildman–Crippen MR) is 81.8 cm³/mol. The molecule has 0 saturated carbocycles. The lowest BCUT2D eigenvalue weighted by atomic mass is 10.0. The number of fused-ring (bicyclic) bond motifs is 1. The molecule has 3 rings (SSSR count). The molecule has 1 aliphatic rings. The second-order valence-electron chi connectivity index (χ2n) is 4.90. The van der Waals surface area contributed by atoms with Crippen LogP contribution in [-0.2, 0) is 17.8 Å². The average Bonchev–Trinajstić information content (AvgIpc) is 2.48. The zero-order valence-electron chi connectivity index (χ0n) is 11.2. The van der Waals surface area contributed by atoms with E-state index in [0.717, 1.165) is 29.0 Å². The minimum absolute atomic E-state index is 0.0485. The summed E-state index contributed by atoms with van der Waals surface area (Å²) in [5, 5.41) is 2.83. The van der Waals surface area contributed by atoms with Crippen molar-refractivity contribution in [3.05, 3.63) is 57.8 Å². The highest BCUT2D eigenvalue weighted by Crippen LogP contribution is 2.27. The van der Waals surface area contributed by atoms with Gasteiger partial charge in [0.05, 0.1) is 4.47 Å². The Morgan fingerprint density at radius 2 is 2.05 bits per heavy atom. The summed E-state index contributed by atoms with van der Waals surface area (Å²) in [5.41, 5.74) is 2.81. The van der Waals surface area contributed by atoms with Gasteiger partial charge in [0.25, 0.3) is 0 Å². The zero-order valence-corrected chi connectivity index (χ0v) is 12.7. The lowest BCUT2D eigenvalue weighted by Crippen LogP contribution is -2.18. The van der Waals surface area contributed by atoms with Crippen LogP contribution < -0.4 is 10.1 Å². The number of benzene rings is 2. The second-order valence-corrected chi connectivity index (χ2v) is 5.76. The van der Waals surface area contributed by atoms with Crippen LogP contribution in [0, 0.1) is 5.82 Å². The molecule has 1 N–H and O–H groups in total. The van der Waals surface area contributed by atoms with Crippen molar-refractivity contribution in [3.8, 4) is 5.75 Å². The standard InChI is InChI=1S/C16H13BrFNO2/c17-13-7-10(1-4-14(13)18)9-21-12-3-5-15-11(8-12)2-6-16(20)19-15/h1,3-5,7-8H,2,6,9H2,(H,19,20). The van der Waals surface area contributed by atoms with E-state index in [0.29, 0.717) is 17.5 Å². The van der Waals surface area contributed by atoms with Crippen molar-refractivity contribution in [2.75, 3.05) is 5.32 Å². The summed E-state index contributed by atoms with van der Waals surface area (Å²) in [7, 11) is 0. The van der Waals surface area contributed by atoms with Crippen molar-refractivity contribution < 1.29 is 13.9 Å². The molecule has 2 aromatic rings. The number of ether oxygens (including phenoxy) is 1. The lowest BCUT2D eigenvalue weighted by molar-refractivity contribution is -0.116. The van der Waals surface area contributed by atoms with E-state index in [-0.39, 0.29) is 11.7 Å². The van der Waals surface area contributed by atoms with Crippen LogP contribution in [0.15, 0.2) is 40.9 Å². The summed E-state index contributed by atoms with van der Waals surface area (Å²) in [6.45, 7) is 0.365. The van der Waals surface area contributed by atoms with E-state index in [1.165, 1.54) is 6.07 Å². The fourth-order valence-corrected chi connectivity index (χ4v) is 2.67. The Bertz CT molecular complexity index is 703. The van der Waals surface area contributed by atoms with Gasteiger partial charge in [-0.15, -0.1) is 0 Å². The SMILES string of the molecule is O=C1CCc2cc(OCc3ccc(F)c(Br)c3)ccc2N1. The number of halogens is 2. The minimum Gasteiger partial charge on any atom is -0.489 e. The number of carbonyl (C=O) groups is 1. The molecule has 0 fully saturated rings. The van der Waals surface area contributed by atoms with E-state index < -0.39 is 0 Å². The van der Waals surface area contributed by atoms with Gasteiger partial charge in [0, 0.05) is 12.1 Å². The Kier molecular flexibility index (Phi) is 3.92. The van der Waals surface area contributed by atoms with Crippen molar-refractivity contribution in [2.45, 2.75) is 19.4 Å². The van der Waals surface area contributed by atoms with Gasteiger partial charge < -0.3 is 10.1 Å². The van der Waals surface area contributed by atoms with E-state index in [4.69, 9.17) is 4.74 Å². The highest BCUT2D eigenvalue weighted by atomic mass is 79.9. The first-order valence-electron chi connectivity index (χ1n) is 6.61. The normalized spacial score (nSPS) is 13.5. The molecule has 1 heterocycles. The largest absolute Gasteiger partial charge is 0.489 e. The number of anilines is 1. The molecular formula is C16H13BrFNO2. The Labute approximate surface area is 130 Å². The number of hydrogen-bond acceptors (Lipinski definition) is 2. The molecule has 3 nitrogen and oxygen atoms in total. The predicted octanol–water partition coefficient (Wildman–Crippen LogP) is 4.05. The van der Waals surface area contributed by atoms with Crippen LogP contribution in [0.2, 0.25) is 0 Å². The Balaban J connectivity index is 1.71. The second kappa shape index (κ2) is 5.85. The quantitative estimate of drug-likeness (QED) is 0.907. The van der Waals surface area contributed by atoms with Crippen LogP contribution in [0.3, 0.4) is 0 Å². The molecule has 0 saturated heterocycles. The number of rotatable bonds is 3. The summed E-state index contributed by atoms with van der Waals surface area (Å²) in [5.74, 6) is 0.501. The van der Waals surface area contributed by atoms with E-state index >= 15 is 0 Å². The van der Waals surface area contributed by atoms with Crippen LogP contribution in [0.1, 0.15) is 17.5 Å². The zero-order chi connectivity index (χ0) is 14.8. The summed E-state index contributed by atoms with van der Waals surface area (Å²) >= 11 is 3.16. The monoisotopic (exact) mass is 349 g/mol. The molecule has 0 bridgehead atoms. The number of amides is 1. The maximum atomic E-state index is 13.2. The van der Waals surface area contributed by atoms with Crippen LogP contribution in [0.25, 0.3) is 0 Å². The van der Waals surface area contributed by atoms with Gasteiger partial charge in [0.15, 0.2) is 0 Å². The fourth-order valence-electron chi connectivity index (χ4n) is 2.25. The van der Waals surface area contributed by atoms with Crippen LogP contribution in [0.5, 0.6) is 5.75 Å². The first-order valence-corrected chi connectivity index (χ1v) is 7.40. The molecule has 21 heavy (non-hydrogen) atoms. The van der Waals surface area contributed by atoms with Gasteiger partial charge in [0.1, 0.15) is 18.2 Å². The minimum atomic E-state index is -0.289. The van der Waals surface area contributed by atoms with Crippen molar-refractivity contribution in [2.24, 2.45) is 0 Å². The van der Waals surface area contributed by atoms with Crippen molar-refractivity contribution >= 4 is 27.5 Å². The summed E-state index contributed by atoms with van der Waals surface area (Å²) in [6, 6.07) is 10.4. The van der Waals surface area contributed by atoms with Gasteiger partial charge in [-0.3, -0.25) is 4.79 Å². The molecule has 5 heteroatoms. The Hall–Kier alpha value is -1.88. The lowest BCUT2D eigenvalue weighted by Gasteiger charge is -2.17. The molecule has 0 radical (unpaired) electrons. The third-order valence-electron chi connectivity index (χ3n) is 3.36. The molecule has 0 aromatic heterocycles. The average molecular weight is 350 g/mol. The van der Waals surface area contributed by atoms with Gasteiger partial charge in [-0.1, -0.05) is 6.07 Å². The van der Waals surface area contributed by atoms with Crippen LogP contribution in [-0.4, -0.2) is 5.91 Å². The Morgan fingerprint density at radius 3 is 2.86 bits per heavy atom. The van der Waals surface area contributed by atoms with Gasteiger partial charge in [-0.05, 0) is 63.8 Å². The van der Waals surface area contributed by atoms with Gasteiger partial charge in [-0.25, -0.2) is 4.39 Å². The van der Waals surface area contributed by atoms with Gasteiger partial charge >= 0.3 is 0 Å². The molecule has 108 valence electrons. The Morgan fingerprint density at radius 1 is 1.19 bits per heavy atom. The maximum Gasteiger partial charge on any atom is 0.224 e. The van der Waals surface area contributed by atoms with Crippen LogP contribution >= 0.6 is 15.9 Å². The molecule has 1 aliphatic heterocycles. The fraction of sp³-hybridized carbons (Fsp3) is 0.188. The topological polar surface area (TPSA) is 38.3 Å². The van der Waals surface area contributed by atoms with E-state index in [2.05, 4.69) is 21.2 Å². The summed E-state index contributed by atoms with van der Waals surface area (Å²) in [6.07, 6.45) is 1.22. The summed E-state index contributed by atoms with van der Waals surface area (Å²) in [4.78, 5) is 11.3. The molecule has 0 unspecified atom stereocenters. The third kappa shape index (κ3) is 3.24. The molecular weight excluding hydrogens is 337 g/mol. The smallest absolute Gasteiger partial charge is 0.224 e. The maximum absolute atomic E-state index is 13.2. The summed E-state index contributed by atoms with van der Waals surface area (Å²) < 4.78 is 19.3. The third-order valence-corrected chi connectivity index (χ3v) is 3.97. The first-order chi connectivity index (χ1) is 10.1. The molecule has 0 aliphatic carbocycles. The van der Waals surface area contributed by atoms with Crippen LogP contribution in [0.4, 0.5) is 10.1 Å². The van der Waals surface area contributed by atoms with Crippen molar-refractivity contribution in [1.29, 1.82) is 0 Å². The molecule has 0 atom stereocenters. The first kappa shape index (κ1) is 14.1. The highest BCUT2D eigenvalue weighted by Gasteiger charge is 2.15.